The Labute approximate surface area is 115 Å². The first-order valence-electron chi connectivity index (χ1n) is 7.45. The monoisotopic (exact) mass is 254 g/mol. The molecule has 0 radical (unpaired) electrons. The van der Waals surface area contributed by atoms with Gasteiger partial charge in [0.2, 0.25) is 0 Å². The Kier molecular flexibility index (Phi) is 3.79. The van der Waals surface area contributed by atoms with Crippen LogP contribution in [0.3, 0.4) is 0 Å². The van der Waals surface area contributed by atoms with E-state index < -0.39 is 0 Å². The van der Waals surface area contributed by atoms with Gasteiger partial charge in [-0.05, 0) is 36.6 Å². The fraction of sp³-hybridized carbons (Fsp3) is 0.471. The number of fused-ring (bicyclic) bond motifs is 1. The van der Waals surface area contributed by atoms with Crippen molar-refractivity contribution < 1.29 is 0 Å². The van der Waals surface area contributed by atoms with Crippen LogP contribution in [0, 0.1) is 5.92 Å². The lowest BCUT2D eigenvalue weighted by Crippen LogP contribution is -2.26. The molecule has 1 aliphatic rings. The Hall–Kier alpha value is -1.41. The maximum Gasteiger partial charge on any atom is 0.0705 e. The third-order valence-electron chi connectivity index (χ3n) is 4.30. The number of hydrogen-bond acceptors (Lipinski definition) is 2. The zero-order valence-corrected chi connectivity index (χ0v) is 11.6. The molecular formula is C17H22N2. The summed E-state index contributed by atoms with van der Waals surface area (Å²) in [6.45, 7) is 3.21. The van der Waals surface area contributed by atoms with Crippen LogP contribution < -0.4 is 5.32 Å². The van der Waals surface area contributed by atoms with E-state index in [4.69, 9.17) is 0 Å². The highest BCUT2D eigenvalue weighted by atomic mass is 14.9. The molecule has 0 saturated heterocycles. The van der Waals surface area contributed by atoms with Gasteiger partial charge in [-0.3, -0.25) is 4.98 Å². The molecule has 1 aliphatic carbocycles. The molecule has 2 heteroatoms. The highest BCUT2D eigenvalue weighted by molar-refractivity contribution is 5.82. The van der Waals surface area contributed by atoms with Gasteiger partial charge in [0.25, 0.3) is 0 Å². The Bertz CT molecular complexity index is 540. The number of nitrogens with zero attached hydrogens (tertiary/aromatic N) is 1. The minimum absolute atomic E-state index is 0.475. The molecule has 100 valence electrons. The summed E-state index contributed by atoms with van der Waals surface area (Å²) in [5.74, 6) is 0.913. The van der Waals surface area contributed by atoms with Gasteiger partial charge in [-0.15, -0.1) is 0 Å². The van der Waals surface area contributed by atoms with E-state index in [0.717, 1.165) is 18.0 Å². The molecule has 1 N–H and O–H groups in total. The molecule has 0 amide bonds. The van der Waals surface area contributed by atoms with Crippen LogP contribution in [0.1, 0.15) is 44.2 Å². The number of pyridine rings is 1. The quantitative estimate of drug-likeness (QED) is 0.869. The highest BCUT2D eigenvalue weighted by Gasteiger charge is 2.23. The molecule has 1 aromatic carbocycles. The summed E-state index contributed by atoms with van der Waals surface area (Å²) in [5, 5.41) is 4.96. The third kappa shape index (κ3) is 2.64. The molecule has 19 heavy (non-hydrogen) atoms. The second-order valence-corrected chi connectivity index (χ2v) is 5.56. The topological polar surface area (TPSA) is 24.9 Å². The van der Waals surface area contributed by atoms with E-state index in [1.807, 2.05) is 6.20 Å². The molecule has 1 atom stereocenters. The summed E-state index contributed by atoms with van der Waals surface area (Å²) in [7, 11) is 0. The second kappa shape index (κ2) is 5.70. The van der Waals surface area contributed by atoms with Crippen LogP contribution in [-0.4, -0.2) is 11.5 Å². The largest absolute Gasteiger partial charge is 0.310 e. The van der Waals surface area contributed by atoms with Gasteiger partial charge < -0.3 is 5.32 Å². The molecule has 2 aromatic rings. The number of rotatable bonds is 5. The zero-order valence-electron chi connectivity index (χ0n) is 11.6. The van der Waals surface area contributed by atoms with Crippen molar-refractivity contribution in [2.45, 2.75) is 38.6 Å². The van der Waals surface area contributed by atoms with Crippen LogP contribution in [0.4, 0.5) is 0 Å². The van der Waals surface area contributed by atoms with E-state index in [9.17, 15) is 0 Å². The minimum Gasteiger partial charge on any atom is -0.310 e. The summed E-state index contributed by atoms with van der Waals surface area (Å²) in [5.41, 5.74) is 2.52. The molecule has 1 unspecified atom stereocenters. The fourth-order valence-electron chi connectivity index (χ4n) is 3.05. The molecule has 1 fully saturated rings. The van der Waals surface area contributed by atoms with Crippen molar-refractivity contribution in [1.29, 1.82) is 0 Å². The van der Waals surface area contributed by atoms with Gasteiger partial charge in [-0.25, -0.2) is 0 Å². The van der Waals surface area contributed by atoms with Gasteiger partial charge >= 0.3 is 0 Å². The average molecular weight is 254 g/mol. The van der Waals surface area contributed by atoms with Crippen molar-refractivity contribution in [2.75, 3.05) is 6.54 Å². The lowest BCUT2D eigenvalue weighted by atomic mass is 9.79. The van der Waals surface area contributed by atoms with Gasteiger partial charge in [0.1, 0.15) is 0 Å². The Morgan fingerprint density at radius 3 is 2.84 bits per heavy atom. The summed E-state index contributed by atoms with van der Waals surface area (Å²) in [6.07, 6.45) is 7.45. The third-order valence-corrected chi connectivity index (χ3v) is 4.30. The van der Waals surface area contributed by atoms with Crippen molar-refractivity contribution in [2.24, 2.45) is 5.92 Å². The average Bonchev–Trinajstić information content (AvgIpc) is 2.41. The molecular weight excluding hydrogens is 232 g/mol. The fourth-order valence-corrected chi connectivity index (χ4v) is 3.05. The molecule has 1 aromatic heterocycles. The molecule has 2 nitrogen and oxygen atoms in total. The van der Waals surface area contributed by atoms with E-state index in [1.54, 1.807) is 0 Å². The van der Waals surface area contributed by atoms with E-state index in [2.05, 4.69) is 47.6 Å². The Balaban J connectivity index is 1.93. The van der Waals surface area contributed by atoms with Crippen LogP contribution in [0.5, 0.6) is 0 Å². The predicted octanol–water partition coefficient (Wildman–Crippen LogP) is 4.08. The van der Waals surface area contributed by atoms with Crippen LogP contribution in [-0.2, 0) is 0 Å². The zero-order chi connectivity index (χ0) is 13.1. The minimum atomic E-state index is 0.475. The molecule has 3 rings (SSSR count). The van der Waals surface area contributed by atoms with Crippen molar-refractivity contribution in [3.05, 3.63) is 42.1 Å². The van der Waals surface area contributed by atoms with E-state index >= 15 is 0 Å². The summed E-state index contributed by atoms with van der Waals surface area (Å²) < 4.78 is 0. The first kappa shape index (κ1) is 12.6. The number of hydrogen-bond donors (Lipinski definition) is 1. The summed E-state index contributed by atoms with van der Waals surface area (Å²) in [6, 6.07) is 11.1. The number of para-hydroxylation sites is 1. The van der Waals surface area contributed by atoms with Gasteiger partial charge in [0.15, 0.2) is 0 Å². The number of benzene rings is 1. The van der Waals surface area contributed by atoms with Gasteiger partial charge in [0.05, 0.1) is 5.52 Å². The van der Waals surface area contributed by atoms with Crippen molar-refractivity contribution >= 4 is 10.9 Å². The standard InChI is InChI=1S/C17H22N2/c1-2-18-17(12-13-6-5-7-13)15-10-11-19-16-9-4-3-8-14(15)16/h3-4,8-11,13,17-18H,2,5-7,12H2,1H3. The van der Waals surface area contributed by atoms with Crippen LogP contribution in [0.25, 0.3) is 10.9 Å². The first-order valence-corrected chi connectivity index (χ1v) is 7.45. The van der Waals surface area contributed by atoms with Crippen LogP contribution in [0.2, 0.25) is 0 Å². The lowest BCUT2D eigenvalue weighted by molar-refractivity contribution is 0.263. The predicted molar refractivity (Wildman–Crippen MR) is 80.1 cm³/mol. The summed E-state index contributed by atoms with van der Waals surface area (Å²) in [4.78, 5) is 4.47. The van der Waals surface area contributed by atoms with Crippen LogP contribution >= 0.6 is 0 Å². The first-order chi connectivity index (χ1) is 9.38. The molecule has 0 aliphatic heterocycles. The Morgan fingerprint density at radius 2 is 2.11 bits per heavy atom. The van der Waals surface area contributed by atoms with Crippen molar-refractivity contribution in [1.82, 2.24) is 10.3 Å². The Morgan fingerprint density at radius 1 is 1.26 bits per heavy atom. The van der Waals surface area contributed by atoms with Crippen LogP contribution in [0.15, 0.2) is 36.5 Å². The van der Waals surface area contributed by atoms with E-state index in [-0.39, 0.29) is 0 Å². The molecule has 0 spiro atoms. The van der Waals surface area contributed by atoms with Gasteiger partial charge in [0, 0.05) is 17.6 Å². The molecule has 1 heterocycles. The maximum absolute atomic E-state index is 4.47. The maximum atomic E-state index is 4.47. The van der Waals surface area contributed by atoms with Crippen molar-refractivity contribution in [3.8, 4) is 0 Å². The summed E-state index contributed by atoms with van der Waals surface area (Å²) >= 11 is 0. The van der Waals surface area contributed by atoms with Crippen molar-refractivity contribution in [3.63, 3.8) is 0 Å². The number of aromatic nitrogens is 1. The van der Waals surface area contributed by atoms with E-state index in [1.165, 1.54) is 36.6 Å². The molecule has 0 bridgehead atoms. The van der Waals surface area contributed by atoms with E-state index in [0.29, 0.717) is 6.04 Å². The second-order valence-electron chi connectivity index (χ2n) is 5.56. The smallest absolute Gasteiger partial charge is 0.0705 e. The van der Waals surface area contributed by atoms with Gasteiger partial charge in [-0.2, -0.15) is 0 Å². The molecule has 1 saturated carbocycles. The number of nitrogens with one attached hydrogen (secondary N) is 1. The normalized spacial score (nSPS) is 17.3. The SMILES string of the molecule is CCNC(CC1CCC1)c1ccnc2ccccc12. The highest BCUT2D eigenvalue weighted by Crippen LogP contribution is 2.36. The lowest BCUT2D eigenvalue weighted by Gasteiger charge is -2.30. The van der Waals surface area contributed by atoms with Gasteiger partial charge in [-0.1, -0.05) is 44.4 Å².